The molecule has 5 N–H and O–H groups in total. The summed E-state index contributed by atoms with van der Waals surface area (Å²) < 4.78 is 0. The molecule has 2 rings (SSSR count). The molecule has 2 aromatic carbocycles. The molecule has 110 valence electrons. The fourth-order valence-corrected chi connectivity index (χ4v) is 1.96. The summed E-state index contributed by atoms with van der Waals surface area (Å²) in [7, 11) is 0. The van der Waals surface area contributed by atoms with Crippen molar-refractivity contribution in [2.24, 2.45) is 0 Å². The first-order valence-electron chi connectivity index (χ1n) is 6.38. The summed E-state index contributed by atoms with van der Waals surface area (Å²) in [6, 6.07) is 13.2. The molecule has 0 spiro atoms. The number of halogens is 1. The molecular formula is C15H16ClN3O2. The van der Waals surface area contributed by atoms with Gasteiger partial charge in [0.25, 0.3) is 0 Å². The van der Waals surface area contributed by atoms with Crippen molar-refractivity contribution in [2.45, 2.75) is 6.10 Å². The third-order valence-electron chi connectivity index (χ3n) is 2.86. The number of nitrogen functional groups attached to an aromatic ring is 1. The van der Waals surface area contributed by atoms with E-state index in [0.29, 0.717) is 22.0 Å². The molecule has 1 unspecified atom stereocenters. The van der Waals surface area contributed by atoms with Gasteiger partial charge < -0.3 is 21.5 Å². The summed E-state index contributed by atoms with van der Waals surface area (Å²) in [5, 5.41) is 15.7. The van der Waals surface area contributed by atoms with Gasteiger partial charge in [-0.15, -0.1) is 0 Å². The molecule has 1 atom stereocenters. The molecule has 0 aliphatic heterocycles. The average Bonchev–Trinajstić information content (AvgIpc) is 2.45. The predicted octanol–water partition coefficient (Wildman–Crippen LogP) is 2.78. The molecular weight excluding hydrogens is 290 g/mol. The van der Waals surface area contributed by atoms with Gasteiger partial charge in [0.2, 0.25) is 0 Å². The number of hydrogen-bond donors (Lipinski definition) is 4. The minimum absolute atomic E-state index is 0.0936. The Hall–Kier alpha value is -2.24. The molecule has 6 heteroatoms. The number of anilines is 2. The van der Waals surface area contributed by atoms with E-state index in [-0.39, 0.29) is 6.54 Å². The molecule has 2 amide bonds. The van der Waals surface area contributed by atoms with Gasteiger partial charge in [0.1, 0.15) is 0 Å². The van der Waals surface area contributed by atoms with Gasteiger partial charge in [-0.3, -0.25) is 0 Å². The third-order valence-corrected chi connectivity index (χ3v) is 3.09. The zero-order valence-electron chi connectivity index (χ0n) is 11.2. The van der Waals surface area contributed by atoms with Gasteiger partial charge in [-0.05, 0) is 35.9 Å². The first-order valence-corrected chi connectivity index (χ1v) is 6.76. The van der Waals surface area contributed by atoms with E-state index in [4.69, 9.17) is 17.3 Å². The number of aliphatic hydroxyl groups is 1. The van der Waals surface area contributed by atoms with Crippen LogP contribution >= 0.6 is 11.6 Å². The largest absolute Gasteiger partial charge is 0.399 e. The van der Waals surface area contributed by atoms with E-state index < -0.39 is 12.1 Å². The number of carbonyl (C=O) groups is 1. The van der Waals surface area contributed by atoms with Gasteiger partial charge in [0.05, 0.1) is 6.10 Å². The van der Waals surface area contributed by atoms with Gasteiger partial charge in [-0.2, -0.15) is 0 Å². The lowest BCUT2D eigenvalue weighted by Crippen LogP contribution is -2.32. The van der Waals surface area contributed by atoms with Crippen LogP contribution in [0.5, 0.6) is 0 Å². The topological polar surface area (TPSA) is 87.4 Å². The van der Waals surface area contributed by atoms with Crippen LogP contribution in [-0.4, -0.2) is 17.7 Å². The Morgan fingerprint density at radius 1 is 1.24 bits per heavy atom. The Balaban J connectivity index is 1.84. The van der Waals surface area contributed by atoms with E-state index in [1.165, 1.54) is 0 Å². The number of nitrogens with one attached hydrogen (secondary N) is 2. The second kappa shape index (κ2) is 6.97. The van der Waals surface area contributed by atoms with Crippen molar-refractivity contribution >= 4 is 29.0 Å². The number of nitrogens with two attached hydrogens (primary N) is 1. The zero-order valence-corrected chi connectivity index (χ0v) is 12.0. The highest BCUT2D eigenvalue weighted by Crippen LogP contribution is 2.15. The van der Waals surface area contributed by atoms with Crippen molar-refractivity contribution in [3.05, 3.63) is 59.1 Å². The molecule has 0 saturated heterocycles. The fraction of sp³-hybridized carbons (Fsp3) is 0.133. The van der Waals surface area contributed by atoms with Crippen LogP contribution in [0.15, 0.2) is 48.5 Å². The first kappa shape index (κ1) is 15.2. The third kappa shape index (κ3) is 4.66. The van der Waals surface area contributed by atoms with E-state index in [0.717, 1.165) is 0 Å². The van der Waals surface area contributed by atoms with Gasteiger partial charge in [-0.1, -0.05) is 29.8 Å². The summed E-state index contributed by atoms with van der Waals surface area (Å²) in [6.45, 7) is 0.0936. The highest BCUT2D eigenvalue weighted by Gasteiger charge is 2.09. The van der Waals surface area contributed by atoms with E-state index in [2.05, 4.69) is 10.6 Å². The van der Waals surface area contributed by atoms with Crippen LogP contribution in [-0.2, 0) is 0 Å². The minimum Gasteiger partial charge on any atom is -0.399 e. The number of amides is 2. The van der Waals surface area contributed by atoms with E-state index >= 15 is 0 Å². The van der Waals surface area contributed by atoms with Crippen molar-refractivity contribution in [3.63, 3.8) is 0 Å². The number of rotatable bonds is 4. The Morgan fingerprint density at radius 2 is 1.95 bits per heavy atom. The van der Waals surface area contributed by atoms with Crippen LogP contribution in [0.3, 0.4) is 0 Å². The van der Waals surface area contributed by atoms with Gasteiger partial charge in [0.15, 0.2) is 0 Å². The smallest absolute Gasteiger partial charge is 0.319 e. The van der Waals surface area contributed by atoms with Crippen molar-refractivity contribution < 1.29 is 9.90 Å². The Labute approximate surface area is 127 Å². The lowest BCUT2D eigenvalue weighted by Gasteiger charge is -2.13. The quantitative estimate of drug-likeness (QED) is 0.655. The summed E-state index contributed by atoms with van der Waals surface area (Å²) in [5.41, 5.74) is 7.47. The van der Waals surface area contributed by atoms with E-state index in [9.17, 15) is 9.90 Å². The molecule has 0 aliphatic carbocycles. The van der Waals surface area contributed by atoms with Crippen LogP contribution in [0, 0.1) is 0 Å². The molecule has 5 nitrogen and oxygen atoms in total. The van der Waals surface area contributed by atoms with Crippen LogP contribution in [0.2, 0.25) is 5.02 Å². The van der Waals surface area contributed by atoms with E-state index in [1.807, 2.05) is 0 Å². The lowest BCUT2D eigenvalue weighted by molar-refractivity contribution is 0.175. The SMILES string of the molecule is Nc1ccc(C(O)CNC(=O)Nc2cccc(Cl)c2)cc1. The summed E-state index contributed by atoms with van der Waals surface area (Å²) >= 11 is 5.83. The molecule has 0 radical (unpaired) electrons. The molecule has 0 aromatic heterocycles. The second-order valence-corrected chi connectivity index (χ2v) is 4.96. The second-order valence-electron chi connectivity index (χ2n) is 4.53. The Morgan fingerprint density at radius 3 is 2.62 bits per heavy atom. The highest BCUT2D eigenvalue weighted by molar-refractivity contribution is 6.30. The van der Waals surface area contributed by atoms with E-state index in [1.54, 1.807) is 48.5 Å². The summed E-state index contributed by atoms with van der Waals surface area (Å²) in [5.74, 6) is 0. The van der Waals surface area contributed by atoms with Gasteiger partial charge >= 0.3 is 6.03 Å². The van der Waals surface area contributed by atoms with Gasteiger partial charge in [0, 0.05) is 22.9 Å². The number of urea groups is 1. The Kier molecular flexibility index (Phi) is 5.03. The van der Waals surface area contributed by atoms with Crippen molar-refractivity contribution in [1.82, 2.24) is 5.32 Å². The maximum Gasteiger partial charge on any atom is 0.319 e. The normalized spacial score (nSPS) is 11.7. The monoisotopic (exact) mass is 305 g/mol. The number of hydrogen-bond acceptors (Lipinski definition) is 3. The van der Waals surface area contributed by atoms with Crippen LogP contribution < -0.4 is 16.4 Å². The molecule has 0 bridgehead atoms. The highest BCUT2D eigenvalue weighted by atomic mass is 35.5. The average molecular weight is 306 g/mol. The number of carbonyl (C=O) groups excluding carboxylic acids is 1. The summed E-state index contributed by atoms with van der Waals surface area (Å²) in [6.07, 6.45) is -0.796. The first-order chi connectivity index (χ1) is 10.0. The lowest BCUT2D eigenvalue weighted by atomic mass is 10.1. The molecule has 0 saturated carbocycles. The number of aliphatic hydroxyl groups excluding tert-OH is 1. The minimum atomic E-state index is -0.796. The molecule has 2 aromatic rings. The molecule has 0 aliphatic rings. The fourth-order valence-electron chi connectivity index (χ4n) is 1.77. The maximum atomic E-state index is 11.7. The van der Waals surface area contributed by atoms with Crippen molar-refractivity contribution in [1.29, 1.82) is 0 Å². The number of benzene rings is 2. The van der Waals surface area contributed by atoms with Crippen LogP contribution in [0.25, 0.3) is 0 Å². The Bertz CT molecular complexity index is 617. The maximum absolute atomic E-state index is 11.7. The van der Waals surface area contributed by atoms with Crippen molar-refractivity contribution in [3.8, 4) is 0 Å². The predicted molar refractivity (Wildman–Crippen MR) is 84.3 cm³/mol. The van der Waals surface area contributed by atoms with Crippen molar-refractivity contribution in [2.75, 3.05) is 17.6 Å². The zero-order chi connectivity index (χ0) is 15.2. The summed E-state index contributed by atoms with van der Waals surface area (Å²) in [4.78, 5) is 11.7. The van der Waals surface area contributed by atoms with Crippen LogP contribution in [0.1, 0.15) is 11.7 Å². The molecule has 21 heavy (non-hydrogen) atoms. The van der Waals surface area contributed by atoms with Gasteiger partial charge in [-0.25, -0.2) is 4.79 Å². The standard InChI is InChI=1S/C15H16ClN3O2/c16-11-2-1-3-13(8-11)19-15(21)18-9-14(20)10-4-6-12(17)7-5-10/h1-8,14,20H,9,17H2,(H2,18,19,21). The molecule has 0 heterocycles. The molecule has 0 fully saturated rings. The van der Waals surface area contributed by atoms with Crippen LogP contribution in [0.4, 0.5) is 16.2 Å².